The van der Waals surface area contributed by atoms with Crippen LogP contribution in [0.3, 0.4) is 0 Å². The van der Waals surface area contributed by atoms with Crippen molar-refractivity contribution in [3.05, 3.63) is 5.82 Å². The van der Waals surface area contributed by atoms with E-state index in [9.17, 15) is 0 Å². The van der Waals surface area contributed by atoms with Crippen molar-refractivity contribution in [1.82, 2.24) is 14.7 Å². The first-order chi connectivity index (χ1) is 7.27. The van der Waals surface area contributed by atoms with Gasteiger partial charge in [-0.15, -0.1) is 0 Å². The van der Waals surface area contributed by atoms with Crippen LogP contribution in [-0.2, 0) is 0 Å². The molecule has 0 unspecified atom stereocenters. The summed E-state index contributed by atoms with van der Waals surface area (Å²) in [5.41, 5.74) is 0. The van der Waals surface area contributed by atoms with Gasteiger partial charge in [0.25, 0.3) is 0 Å². The average Bonchev–Trinajstić information content (AvgIpc) is 2.55. The number of hydrogen-bond donors (Lipinski definition) is 1. The topological polar surface area (TPSA) is 41.1 Å². The van der Waals surface area contributed by atoms with E-state index >= 15 is 0 Å². The van der Waals surface area contributed by atoms with E-state index in [1.807, 2.05) is 0 Å². The largest absolute Gasteiger partial charge is 0.346 e. The molecule has 5 heteroatoms. The van der Waals surface area contributed by atoms with Crippen LogP contribution in [0.1, 0.15) is 32.0 Å². The molecule has 2 heterocycles. The first kappa shape index (κ1) is 10.8. The summed E-state index contributed by atoms with van der Waals surface area (Å²) in [5, 5.41) is 4.48. The number of aromatic nitrogens is 2. The summed E-state index contributed by atoms with van der Waals surface area (Å²) >= 11 is 1.53. The predicted molar refractivity (Wildman–Crippen MR) is 63.7 cm³/mol. The fourth-order valence-corrected chi connectivity index (χ4v) is 2.49. The van der Waals surface area contributed by atoms with E-state index in [1.54, 1.807) is 0 Å². The van der Waals surface area contributed by atoms with Crippen molar-refractivity contribution in [3.63, 3.8) is 0 Å². The minimum Gasteiger partial charge on any atom is -0.346 e. The molecule has 1 aliphatic heterocycles. The third kappa shape index (κ3) is 2.66. The molecule has 1 aromatic heterocycles. The van der Waals surface area contributed by atoms with Gasteiger partial charge in [-0.05, 0) is 13.0 Å². The van der Waals surface area contributed by atoms with Crippen molar-refractivity contribution in [3.8, 4) is 0 Å². The molecule has 0 aromatic carbocycles. The van der Waals surface area contributed by atoms with Gasteiger partial charge in [-0.25, -0.2) is 4.98 Å². The first-order valence-electron chi connectivity index (χ1n) is 5.56. The van der Waals surface area contributed by atoms with Gasteiger partial charge in [0, 0.05) is 37.1 Å². The minimum atomic E-state index is 0.431. The molecule has 0 atom stereocenters. The third-order valence-corrected chi connectivity index (χ3v) is 3.35. The smallest absolute Gasteiger partial charge is 0.205 e. The Balaban J connectivity index is 2.06. The quantitative estimate of drug-likeness (QED) is 0.829. The zero-order valence-corrected chi connectivity index (χ0v) is 10.2. The van der Waals surface area contributed by atoms with Crippen LogP contribution in [0.5, 0.6) is 0 Å². The highest BCUT2D eigenvalue weighted by Gasteiger charge is 2.15. The van der Waals surface area contributed by atoms with Gasteiger partial charge in [-0.3, -0.25) is 0 Å². The van der Waals surface area contributed by atoms with Gasteiger partial charge < -0.3 is 10.2 Å². The van der Waals surface area contributed by atoms with Gasteiger partial charge in [0.1, 0.15) is 5.82 Å². The molecule has 0 radical (unpaired) electrons. The SMILES string of the molecule is CC(C)c1nsc(N2CCCNCC2)n1. The normalized spacial score (nSPS) is 18.2. The molecule has 1 saturated heterocycles. The Bertz CT molecular complexity index is 302. The number of nitrogens with one attached hydrogen (secondary N) is 1. The van der Waals surface area contributed by atoms with Crippen LogP contribution in [0.4, 0.5) is 5.13 Å². The highest BCUT2D eigenvalue weighted by atomic mass is 32.1. The summed E-state index contributed by atoms with van der Waals surface area (Å²) in [4.78, 5) is 6.92. The molecule has 0 amide bonds. The fraction of sp³-hybridized carbons (Fsp3) is 0.800. The number of nitrogens with zero attached hydrogens (tertiary/aromatic N) is 3. The van der Waals surface area contributed by atoms with Gasteiger partial charge in [0.15, 0.2) is 0 Å². The van der Waals surface area contributed by atoms with Crippen molar-refractivity contribution in [2.45, 2.75) is 26.2 Å². The van der Waals surface area contributed by atoms with E-state index in [-0.39, 0.29) is 0 Å². The molecule has 1 aromatic rings. The average molecular weight is 226 g/mol. The number of rotatable bonds is 2. The van der Waals surface area contributed by atoms with Crippen LogP contribution in [0.25, 0.3) is 0 Å². The lowest BCUT2D eigenvalue weighted by Crippen LogP contribution is -2.27. The Hall–Kier alpha value is -0.680. The van der Waals surface area contributed by atoms with Crippen LogP contribution in [0.15, 0.2) is 0 Å². The second-order valence-electron chi connectivity index (χ2n) is 4.18. The highest BCUT2D eigenvalue weighted by molar-refractivity contribution is 7.09. The van der Waals surface area contributed by atoms with E-state index in [2.05, 4.69) is 33.4 Å². The minimum absolute atomic E-state index is 0.431. The van der Waals surface area contributed by atoms with Crippen molar-refractivity contribution >= 4 is 16.7 Å². The van der Waals surface area contributed by atoms with Gasteiger partial charge in [0.05, 0.1) is 0 Å². The molecule has 1 fully saturated rings. The number of anilines is 1. The molecule has 0 spiro atoms. The lowest BCUT2D eigenvalue weighted by atomic mass is 10.2. The summed E-state index contributed by atoms with van der Waals surface area (Å²) in [7, 11) is 0. The maximum absolute atomic E-state index is 4.58. The molecule has 2 rings (SSSR count). The van der Waals surface area contributed by atoms with Gasteiger partial charge in [-0.2, -0.15) is 4.37 Å². The Labute approximate surface area is 94.9 Å². The lowest BCUT2D eigenvalue weighted by Gasteiger charge is -2.17. The molecule has 0 saturated carbocycles. The van der Waals surface area contributed by atoms with Crippen molar-refractivity contribution in [2.75, 3.05) is 31.1 Å². The van der Waals surface area contributed by atoms with Crippen LogP contribution < -0.4 is 10.2 Å². The molecule has 84 valence electrons. The van der Waals surface area contributed by atoms with Gasteiger partial charge in [0.2, 0.25) is 5.13 Å². The van der Waals surface area contributed by atoms with E-state index in [4.69, 9.17) is 0 Å². The van der Waals surface area contributed by atoms with Crippen LogP contribution in [0, 0.1) is 0 Å². The summed E-state index contributed by atoms with van der Waals surface area (Å²) in [6.45, 7) is 8.58. The maximum Gasteiger partial charge on any atom is 0.205 e. The van der Waals surface area contributed by atoms with Crippen LogP contribution >= 0.6 is 11.5 Å². The van der Waals surface area contributed by atoms with E-state index in [0.717, 1.165) is 37.1 Å². The Morgan fingerprint density at radius 3 is 2.93 bits per heavy atom. The zero-order chi connectivity index (χ0) is 10.7. The first-order valence-corrected chi connectivity index (χ1v) is 6.34. The van der Waals surface area contributed by atoms with E-state index in [1.165, 1.54) is 18.0 Å². The molecular weight excluding hydrogens is 208 g/mol. The molecule has 1 N–H and O–H groups in total. The second-order valence-corrected chi connectivity index (χ2v) is 4.91. The Morgan fingerprint density at radius 1 is 1.33 bits per heavy atom. The maximum atomic E-state index is 4.58. The molecule has 4 nitrogen and oxygen atoms in total. The predicted octanol–water partition coefficient (Wildman–Crippen LogP) is 1.46. The molecular formula is C10H18N4S. The standard InChI is InChI=1S/C10H18N4S/c1-8(2)9-12-10(15-13-9)14-6-3-4-11-5-7-14/h8,11H,3-7H2,1-2H3. The summed E-state index contributed by atoms with van der Waals surface area (Å²) in [5.74, 6) is 1.41. The van der Waals surface area contributed by atoms with E-state index in [0.29, 0.717) is 5.92 Å². The van der Waals surface area contributed by atoms with Crippen molar-refractivity contribution < 1.29 is 0 Å². The lowest BCUT2D eigenvalue weighted by molar-refractivity contribution is 0.724. The molecule has 0 aliphatic carbocycles. The zero-order valence-electron chi connectivity index (χ0n) is 9.36. The summed E-state index contributed by atoms with van der Waals surface area (Å²) in [6, 6.07) is 0. The summed E-state index contributed by atoms with van der Waals surface area (Å²) in [6.07, 6.45) is 1.19. The van der Waals surface area contributed by atoms with Gasteiger partial charge >= 0.3 is 0 Å². The Morgan fingerprint density at radius 2 is 2.20 bits per heavy atom. The second kappa shape index (κ2) is 4.90. The summed E-state index contributed by atoms with van der Waals surface area (Å²) < 4.78 is 4.39. The molecule has 0 bridgehead atoms. The van der Waals surface area contributed by atoms with Crippen molar-refractivity contribution in [1.29, 1.82) is 0 Å². The van der Waals surface area contributed by atoms with Crippen LogP contribution in [0.2, 0.25) is 0 Å². The number of hydrogen-bond acceptors (Lipinski definition) is 5. The highest BCUT2D eigenvalue weighted by Crippen LogP contribution is 2.21. The van der Waals surface area contributed by atoms with Gasteiger partial charge in [-0.1, -0.05) is 13.8 Å². The van der Waals surface area contributed by atoms with Crippen molar-refractivity contribution in [2.24, 2.45) is 0 Å². The van der Waals surface area contributed by atoms with E-state index < -0.39 is 0 Å². The Kier molecular flexibility index (Phi) is 3.53. The monoisotopic (exact) mass is 226 g/mol. The van der Waals surface area contributed by atoms with Crippen LogP contribution in [-0.4, -0.2) is 35.5 Å². The fourth-order valence-electron chi connectivity index (χ4n) is 1.63. The molecule has 15 heavy (non-hydrogen) atoms. The molecule has 1 aliphatic rings. The third-order valence-electron chi connectivity index (χ3n) is 2.56.